The Kier molecular flexibility index (Phi) is 3.42. The van der Waals surface area contributed by atoms with Gasteiger partial charge in [-0.05, 0) is 39.2 Å². The van der Waals surface area contributed by atoms with Crippen LogP contribution in [0.4, 0.5) is 0 Å². The highest BCUT2D eigenvalue weighted by Gasteiger charge is 2.28. The summed E-state index contributed by atoms with van der Waals surface area (Å²) in [6.07, 6.45) is 4.77. The van der Waals surface area contributed by atoms with E-state index >= 15 is 0 Å². The molecule has 3 nitrogen and oxygen atoms in total. The zero-order valence-corrected chi connectivity index (χ0v) is 9.08. The normalized spacial score (nSPS) is 35.6. The molecule has 82 valence electrons. The lowest BCUT2D eigenvalue weighted by molar-refractivity contribution is 0.153. The topological polar surface area (TPSA) is 35.5 Å². The summed E-state index contributed by atoms with van der Waals surface area (Å²) in [5, 5.41) is 12.9. The molecule has 3 atom stereocenters. The maximum absolute atomic E-state index is 9.24. The van der Waals surface area contributed by atoms with Gasteiger partial charge in [-0.25, -0.2) is 0 Å². The monoisotopic (exact) mass is 198 g/mol. The van der Waals surface area contributed by atoms with E-state index in [2.05, 4.69) is 10.2 Å². The molecule has 2 saturated heterocycles. The molecule has 0 aliphatic carbocycles. The van der Waals surface area contributed by atoms with Gasteiger partial charge in [-0.3, -0.25) is 0 Å². The molecule has 2 rings (SSSR count). The van der Waals surface area contributed by atoms with Gasteiger partial charge in [0, 0.05) is 25.2 Å². The third-order valence-corrected chi connectivity index (χ3v) is 3.47. The Labute approximate surface area is 86.5 Å². The third kappa shape index (κ3) is 2.69. The van der Waals surface area contributed by atoms with Crippen LogP contribution in [0.3, 0.4) is 0 Å². The maximum Gasteiger partial charge on any atom is 0.0524 e. The molecule has 2 heterocycles. The molecule has 0 aromatic heterocycles. The van der Waals surface area contributed by atoms with Crippen molar-refractivity contribution in [3.8, 4) is 0 Å². The average Bonchev–Trinajstić information content (AvgIpc) is 2.44. The first kappa shape index (κ1) is 10.4. The molecule has 0 spiro atoms. The first-order valence-corrected chi connectivity index (χ1v) is 5.90. The van der Waals surface area contributed by atoms with Gasteiger partial charge in [-0.2, -0.15) is 0 Å². The molecule has 2 bridgehead atoms. The molecule has 0 aromatic rings. The van der Waals surface area contributed by atoms with Gasteiger partial charge in [0.2, 0.25) is 0 Å². The number of nitrogens with zero attached hydrogens (tertiary/aromatic N) is 1. The van der Waals surface area contributed by atoms with Crippen molar-refractivity contribution in [3.63, 3.8) is 0 Å². The number of rotatable bonds is 3. The molecule has 0 amide bonds. The molecule has 2 fully saturated rings. The van der Waals surface area contributed by atoms with E-state index in [0.29, 0.717) is 0 Å². The number of likely N-dealkylation sites (tertiary alicyclic amines) is 1. The fourth-order valence-electron chi connectivity index (χ4n) is 2.59. The van der Waals surface area contributed by atoms with Crippen LogP contribution in [0.2, 0.25) is 0 Å². The molecule has 2 N–H and O–H groups in total. The molecule has 0 saturated carbocycles. The number of fused-ring (bicyclic) bond motifs is 2. The molecular weight excluding hydrogens is 176 g/mol. The van der Waals surface area contributed by atoms with Gasteiger partial charge in [0.15, 0.2) is 0 Å². The smallest absolute Gasteiger partial charge is 0.0524 e. The minimum atomic E-state index is -0.150. The standard InChI is InChI=1S/C11H22N2O/c1-9(14)4-6-13-7-5-10-2-3-11(8-13)12-10/h9-12,14H,2-8H2,1H3. The quantitative estimate of drug-likeness (QED) is 0.696. The number of aliphatic hydroxyl groups excluding tert-OH is 1. The summed E-state index contributed by atoms with van der Waals surface area (Å²) < 4.78 is 0. The minimum Gasteiger partial charge on any atom is -0.393 e. The summed E-state index contributed by atoms with van der Waals surface area (Å²) in [5.41, 5.74) is 0. The van der Waals surface area contributed by atoms with E-state index in [0.717, 1.165) is 25.0 Å². The van der Waals surface area contributed by atoms with Crippen molar-refractivity contribution in [1.82, 2.24) is 10.2 Å². The van der Waals surface area contributed by atoms with Gasteiger partial charge in [0.1, 0.15) is 0 Å². The summed E-state index contributed by atoms with van der Waals surface area (Å²) >= 11 is 0. The largest absolute Gasteiger partial charge is 0.393 e. The molecule has 3 unspecified atom stereocenters. The van der Waals surface area contributed by atoms with Crippen LogP contribution < -0.4 is 5.32 Å². The van der Waals surface area contributed by atoms with Crippen LogP contribution in [-0.2, 0) is 0 Å². The second-order valence-electron chi connectivity index (χ2n) is 4.86. The fraction of sp³-hybridized carbons (Fsp3) is 1.00. The summed E-state index contributed by atoms with van der Waals surface area (Å²) in [7, 11) is 0. The van der Waals surface area contributed by atoms with E-state index in [1.165, 1.54) is 32.4 Å². The van der Waals surface area contributed by atoms with Crippen LogP contribution in [0.25, 0.3) is 0 Å². The summed E-state index contributed by atoms with van der Waals surface area (Å²) in [6, 6.07) is 1.49. The van der Waals surface area contributed by atoms with Gasteiger partial charge in [0.05, 0.1) is 6.10 Å². The molecule has 3 heteroatoms. The lowest BCUT2D eigenvalue weighted by atomic mass is 10.1. The van der Waals surface area contributed by atoms with Crippen LogP contribution in [0.5, 0.6) is 0 Å². The van der Waals surface area contributed by atoms with E-state index in [-0.39, 0.29) is 6.10 Å². The van der Waals surface area contributed by atoms with Crippen molar-refractivity contribution >= 4 is 0 Å². The first-order valence-electron chi connectivity index (χ1n) is 5.90. The van der Waals surface area contributed by atoms with Gasteiger partial charge in [-0.15, -0.1) is 0 Å². The van der Waals surface area contributed by atoms with Crippen LogP contribution in [0.1, 0.15) is 32.6 Å². The summed E-state index contributed by atoms with van der Waals surface area (Å²) in [6.45, 7) is 5.33. The SMILES string of the molecule is CC(O)CCN1CCC2CCC(C1)N2. The van der Waals surface area contributed by atoms with E-state index in [1.54, 1.807) is 0 Å². The Balaban J connectivity index is 1.77. The van der Waals surface area contributed by atoms with Crippen LogP contribution >= 0.6 is 0 Å². The summed E-state index contributed by atoms with van der Waals surface area (Å²) in [4.78, 5) is 2.50. The zero-order chi connectivity index (χ0) is 9.97. The molecule has 2 aliphatic rings. The van der Waals surface area contributed by atoms with E-state index < -0.39 is 0 Å². The van der Waals surface area contributed by atoms with Crippen molar-refractivity contribution in [3.05, 3.63) is 0 Å². The van der Waals surface area contributed by atoms with Gasteiger partial charge < -0.3 is 15.3 Å². The Bertz CT molecular complexity index is 184. The zero-order valence-electron chi connectivity index (χ0n) is 9.08. The second-order valence-corrected chi connectivity index (χ2v) is 4.86. The van der Waals surface area contributed by atoms with Crippen LogP contribution in [0.15, 0.2) is 0 Å². The van der Waals surface area contributed by atoms with Crippen LogP contribution in [0, 0.1) is 0 Å². The molecular formula is C11H22N2O. The Morgan fingerprint density at radius 2 is 2.14 bits per heavy atom. The molecule has 0 aromatic carbocycles. The van der Waals surface area contributed by atoms with Crippen molar-refractivity contribution in [2.24, 2.45) is 0 Å². The number of hydrogen-bond donors (Lipinski definition) is 2. The highest BCUT2D eigenvalue weighted by molar-refractivity contribution is 4.89. The minimum absolute atomic E-state index is 0.150. The van der Waals surface area contributed by atoms with Crippen molar-refractivity contribution in [2.45, 2.75) is 50.8 Å². The Hall–Kier alpha value is -0.120. The van der Waals surface area contributed by atoms with Crippen molar-refractivity contribution < 1.29 is 5.11 Å². The lowest BCUT2D eigenvalue weighted by Gasteiger charge is -2.24. The average molecular weight is 198 g/mol. The predicted octanol–water partition coefficient (Wildman–Crippen LogP) is 0.584. The Morgan fingerprint density at radius 3 is 2.93 bits per heavy atom. The van der Waals surface area contributed by atoms with Crippen molar-refractivity contribution in [2.75, 3.05) is 19.6 Å². The molecule has 14 heavy (non-hydrogen) atoms. The summed E-state index contributed by atoms with van der Waals surface area (Å²) in [5.74, 6) is 0. The lowest BCUT2D eigenvalue weighted by Crippen LogP contribution is -2.36. The van der Waals surface area contributed by atoms with E-state index in [9.17, 15) is 5.11 Å². The third-order valence-electron chi connectivity index (χ3n) is 3.47. The Morgan fingerprint density at radius 1 is 1.36 bits per heavy atom. The van der Waals surface area contributed by atoms with Gasteiger partial charge in [0.25, 0.3) is 0 Å². The molecule has 0 radical (unpaired) electrons. The molecule has 2 aliphatic heterocycles. The van der Waals surface area contributed by atoms with E-state index in [4.69, 9.17) is 0 Å². The highest BCUT2D eigenvalue weighted by atomic mass is 16.3. The van der Waals surface area contributed by atoms with Crippen LogP contribution in [-0.4, -0.2) is 47.8 Å². The first-order chi connectivity index (χ1) is 6.74. The van der Waals surface area contributed by atoms with Gasteiger partial charge >= 0.3 is 0 Å². The maximum atomic E-state index is 9.24. The number of aliphatic hydroxyl groups is 1. The second kappa shape index (κ2) is 4.60. The fourth-order valence-corrected chi connectivity index (χ4v) is 2.59. The highest BCUT2D eigenvalue weighted by Crippen LogP contribution is 2.20. The van der Waals surface area contributed by atoms with Gasteiger partial charge in [-0.1, -0.05) is 0 Å². The van der Waals surface area contributed by atoms with Crippen molar-refractivity contribution in [1.29, 1.82) is 0 Å². The van der Waals surface area contributed by atoms with E-state index in [1.807, 2.05) is 6.92 Å². The number of hydrogen-bond acceptors (Lipinski definition) is 3. The predicted molar refractivity (Wildman–Crippen MR) is 57.3 cm³/mol. The number of nitrogens with one attached hydrogen (secondary N) is 1.